The fourth-order valence-electron chi connectivity index (χ4n) is 2.45. The summed E-state index contributed by atoms with van der Waals surface area (Å²) in [6, 6.07) is 4.25. The minimum Gasteiger partial charge on any atom is -0.462 e. The SMILES string of the molecule is CCOC(=O)c1cnc2[nH]c(-c3ccc(C(F)(F)F)cc3)c(N)n2c1=O. The smallest absolute Gasteiger partial charge is 0.416 e. The monoisotopic (exact) mass is 366 g/mol. The number of ether oxygens (including phenoxy) is 1. The lowest BCUT2D eigenvalue weighted by Crippen LogP contribution is -2.24. The van der Waals surface area contributed by atoms with E-state index in [2.05, 4.69) is 9.97 Å². The van der Waals surface area contributed by atoms with E-state index < -0.39 is 23.3 Å². The Morgan fingerprint density at radius 1 is 1.31 bits per heavy atom. The molecule has 0 bridgehead atoms. The minimum atomic E-state index is -4.46. The van der Waals surface area contributed by atoms with Crippen LogP contribution in [0, 0.1) is 0 Å². The van der Waals surface area contributed by atoms with Gasteiger partial charge in [-0.15, -0.1) is 0 Å². The number of nitrogens with two attached hydrogens (primary N) is 1. The van der Waals surface area contributed by atoms with Gasteiger partial charge in [-0.2, -0.15) is 13.2 Å². The Balaban J connectivity index is 2.11. The van der Waals surface area contributed by atoms with E-state index in [9.17, 15) is 22.8 Å². The fraction of sp³-hybridized carbons (Fsp3) is 0.188. The molecule has 3 rings (SSSR count). The molecule has 3 aromatic rings. The van der Waals surface area contributed by atoms with Gasteiger partial charge in [0.1, 0.15) is 11.4 Å². The van der Waals surface area contributed by atoms with Gasteiger partial charge in [-0.1, -0.05) is 12.1 Å². The van der Waals surface area contributed by atoms with Crippen LogP contribution in [0.25, 0.3) is 17.0 Å². The lowest BCUT2D eigenvalue weighted by molar-refractivity contribution is -0.137. The first-order chi connectivity index (χ1) is 12.2. The third-order valence-electron chi connectivity index (χ3n) is 3.69. The molecule has 26 heavy (non-hydrogen) atoms. The number of benzene rings is 1. The van der Waals surface area contributed by atoms with Crippen LogP contribution in [0.5, 0.6) is 0 Å². The van der Waals surface area contributed by atoms with Crippen molar-refractivity contribution in [2.75, 3.05) is 12.3 Å². The van der Waals surface area contributed by atoms with Crippen molar-refractivity contribution >= 4 is 17.6 Å². The zero-order chi connectivity index (χ0) is 19.1. The van der Waals surface area contributed by atoms with E-state index in [1.807, 2.05) is 0 Å². The third kappa shape index (κ3) is 2.89. The Morgan fingerprint density at radius 3 is 2.54 bits per heavy atom. The molecule has 0 unspecified atom stereocenters. The summed E-state index contributed by atoms with van der Waals surface area (Å²) in [4.78, 5) is 31.0. The Labute approximate surface area is 144 Å². The number of aromatic amines is 1. The topological polar surface area (TPSA) is 102 Å². The predicted octanol–water partition coefficient (Wildman–Crippen LogP) is 2.47. The van der Waals surface area contributed by atoms with Crippen LogP contribution >= 0.6 is 0 Å². The van der Waals surface area contributed by atoms with E-state index in [4.69, 9.17) is 10.5 Å². The van der Waals surface area contributed by atoms with Crippen molar-refractivity contribution in [3.05, 3.63) is 51.9 Å². The zero-order valence-corrected chi connectivity index (χ0v) is 13.4. The summed E-state index contributed by atoms with van der Waals surface area (Å²) in [5.74, 6) is -0.866. The highest BCUT2D eigenvalue weighted by Crippen LogP contribution is 2.32. The number of esters is 1. The molecule has 0 amide bonds. The number of nitrogen functional groups attached to an aromatic ring is 1. The first kappa shape index (κ1) is 17.5. The number of alkyl halides is 3. The number of hydrogen-bond acceptors (Lipinski definition) is 5. The van der Waals surface area contributed by atoms with E-state index in [0.29, 0.717) is 5.56 Å². The van der Waals surface area contributed by atoms with Crippen LogP contribution in [0.1, 0.15) is 22.8 Å². The largest absolute Gasteiger partial charge is 0.462 e. The van der Waals surface area contributed by atoms with Gasteiger partial charge in [-0.3, -0.25) is 4.79 Å². The van der Waals surface area contributed by atoms with Crippen molar-refractivity contribution in [1.29, 1.82) is 0 Å². The molecule has 0 aliphatic heterocycles. The van der Waals surface area contributed by atoms with Gasteiger partial charge in [-0.05, 0) is 19.1 Å². The van der Waals surface area contributed by atoms with Crippen LogP contribution in [0.2, 0.25) is 0 Å². The molecule has 2 aromatic heterocycles. The average Bonchev–Trinajstić information content (AvgIpc) is 2.92. The Bertz CT molecular complexity index is 1040. The Morgan fingerprint density at radius 2 is 1.96 bits per heavy atom. The number of carbonyl (C=O) groups excluding carboxylic acids is 1. The van der Waals surface area contributed by atoms with Crippen molar-refractivity contribution in [1.82, 2.24) is 14.4 Å². The van der Waals surface area contributed by atoms with E-state index >= 15 is 0 Å². The van der Waals surface area contributed by atoms with Gasteiger partial charge in [0.15, 0.2) is 0 Å². The summed E-state index contributed by atoms with van der Waals surface area (Å²) in [6.07, 6.45) is -3.40. The van der Waals surface area contributed by atoms with Gasteiger partial charge in [0.05, 0.1) is 24.1 Å². The van der Waals surface area contributed by atoms with Crippen molar-refractivity contribution in [3.63, 3.8) is 0 Å². The molecule has 0 fully saturated rings. The Hall–Kier alpha value is -3.30. The lowest BCUT2D eigenvalue weighted by atomic mass is 10.1. The first-order valence-corrected chi connectivity index (χ1v) is 7.48. The van der Waals surface area contributed by atoms with Gasteiger partial charge >= 0.3 is 12.1 Å². The van der Waals surface area contributed by atoms with Gasteiger partial charge in [0.25, 0.3) is 5.56 Å². The molecule has 2 heterocycles. The Kier molecular flexibility index (Phi) is 4.18. The molecule has 0 atom stereocenters. The summed E-state index contributed by atoms with van der Waals surface area (Å²) in [6.45, 7) is 1.68. The minimum absolute atomic E-state index is 0.0513. The number of fused-ring (bicyclic) bond motifs is 1. The average molecular weight is 366 g/mol. The van der Waals surface area contributed by atoms with Gasteiger partial charge in [0, 0.05) is 5.56 Å². The van der Waals surface area contributed by atoms with Crippen molar-refractivity contribution < 1.29 is 22.7 Å². The van der Waals surface area contributed by atoms with Crippen molar-refractivity contribution in [3.8, 4) is 11.3 Å². The molecular weight excluding hydrogens is 353 g/mol. The maximum Gasteiger partial charge on any atom is 0.416 e. The fourth-order valence-corrected chi connectivity index (χ4v) is 2.45. The number of nitrogens with zero attached hydrogens (tertiary/aromatic N) is 2. The highest BCUT2D eigenvalue weighted by molar-refractivity contribution is 5.89. The molecule has 3 N–H and O–H groups in total. The van der Waals surface area contributed by atoms with E-state index in [1.54, 1.807) is 6.92 Å². The standard InChI is InChI=1S/C16H13F3N4O3/c1-2-26-14(25)10-7-21-15-22-11(12(20)23(15)13(10)24)8-3-5-9(6-4-8)16(17,18)19/h3-7H,2,20H2,1H3,(H,21,22). The number of halogens is 3. The molecule has 136 valence electrons. The van der Waals surface area contributed by atoms with Gasteiger partial charge < -0.3 is 15.5 Å². The third-order valence-corrected chi connectivity index (χ3v) is 3.69. The normalized spacial score (nSPS) is 11.7. The van der Waals surface area contributed by atoms with Gasteiger partial charge in [-0.25, -0.2) is 14.2 Å². The quantitative estimate of drug-likeness (QED) is 0.693. The first-order valence-electron chi connectivity index (χ1n) is 7.48. The van der Waals surface area contributed by atoms with Crippen LogP contribution in [-0.2, 0) is 10.9 Å². The number of anilines is 1. The molecule has 0 aliphatic rings. The van der Waals surface area contributed by atoms with Crippen molar-refractivity contribution in [2.45, 2.75) is 13.1 Å². The molecular formula is C16H13F3N4O3. The summed E-state index contributed by atoms with van der Waals surface area (Å²) >= 11 is 0. The number of rotatable bonds is 3. The van der Waals surface area contributed by atoms with Crippen molar-refractivity contribution in [2.24, 2.45) is 0 Å². The summed E-state index contributed by atoms with van der Waals surface area (Å²) in [5.41, 5.74) is 4.66. The molecule has 0 saturated heterocycles. The second kappa shape index (κ2) is 6.21. The molecule has 0 aliphatic carbocycles. The van der Waals surface area contributed by atoms with E-state index in [1.165, 1.54) is 12.1 Å². The van der Waals surface area contributed by atoms with Crippen LogP contribution in [-0.4, -0.2) is 26.9 Å². The van der Waals surface area contributed by atoms with E-state index in [-0.39, 0.29) is 29.5 Å². The molecule has 7 nitrogen and oxygen atoms in total. The van der Waals surface area contributed by atoms with E-state index in [0.717, 1.165) is 22.7 Å². The number of nitrogens with one attached hydrogen (secondary N) is 1. The van der Waals surface area contributed by atoms with Gasteiger partial charge in [0.2, 0.25) is 5.78 Å². The number of hydrogen-bond donors (Lipinski definition) is 2. The second-order valence-corrected chi connectivity index (χ2v) is 5.32. The highest BCUT2D eigenvalue weighted by atomic mass is 19.4. The maximum atomic E-state index is 12.7. The maximum absolute atomic E-state index is 12.7. The summed E-state index contributed by atoms with van der Waals surface area (Å²) in [5, 5.41) is 0. The number of H-pyrrole nitrogens is 1. The number of aromatic nitrogens is 3. The summed E-state index contributed by atoms with van der Waals surface area (Å²) < 4.78 is 43.8. The molecule has 0 saturated carbocycles. The molecule has 0 spiro atoms. The molecule has 0 radical (unpaired) electrons. The molecule has 1 aromatic carbocycles. The van der Waals surface area contributed by atoms with Crippen LogP contribution < -0.4 is 11.3 Å². The number of imidazole rings is 1. The highest BCUT2D eigenvalue weighted by Gasteiger charge is 2.30. The molecule has 10 heteroatoms. The van der Waals surface area contributed by atoms with Crippen LogP contribution in [0.3, 0.4) is 0 Å². The second-order valence-electron chi connectivity index (χ2n) is 5.32. The van der Waals surface area contributed by atoms with Crippen LogP contribution in [0.4, 0.5) is 19.0 Å². The predicted molar refractivity (Wildman–Crippen MR) is 86.6 cm³/mol. The summed E-state index contributed by atoms with van der Waals surface area (Å²) in [7, 11) is 0. The van der Waals surface area contributed by atoms with Crippen LogP contribution in [0.15, 0.2) is 35.3 Å². The number of carbonyl (C=O) groups is 1. The zero-order valence-electron chi connectivity index (χ0n) is 13.4. The lowest BCUT2D eigenvalue weighted by Gasteiger charge is -2.07.